The van der Waals surface area contributed by atoms with Gasteiger partial charge in [0.05, 0.1) is 12.6 Å². The van der Waals surface area contributed by atoms with Gasteiger partial charge in [-0.3, -0.25) is 24.1 Å². The van der Waals surface area contributed by atoms with Crippen molar-refractivity contribution >= 4 is 41.9 Å². The van der Waals surface area contributed by atoms with Crippen LogP contribution in [0.5, 0.6) is 0 Å². The van der Waals surface area contributed by atoms with Gasteiger partial charge in [-0.1, -0.05) is 25.1 Å². The average molecular weight is 510 g/mol. The number of nitrogens with zero attached hydrogens (tertiary/aromatic N) is 5. The number of nitrogens with two attached hydrogens (primary N) is 1. The monoisotopic (exact) mass is 509 g/mol. The topological polar surface area (TPSA) is 209 Å². The van der Waals surface area contributed by atoms with Crippen LogP contribution in [0.15, 0.2) is 18.3 Å². The predicted octanol–water partition coefficient (Wildman–Crippen LogP) is -1.08. The lowest BCUT2D eigenvalue weighted by Gasteiger charge is -2.29. The van der Waals surface area contributed by atoms with Gasteiger partial charge in [0.2, 0.25) is 11.8 Å². The smallest absolute Gasteiger partial charge is 0.303 e. The summed E-state index contributed by atoms with van der Waals surface area (Å²) in [5.74, 6) is -2.52. The summed E-state index contributed by atoms with van der Waals surface area (Å²) < 4.78 is 0. The molecule has 3 amide bonds. The van der Waals surface area contributed by atoms with Crippen LogP contribution in [0.4, 0.5) is 5.82 Å². The predicted molar refractivity (Wildman–Crippen MR) is 124 cm³/mol. The highest BCUT2D eigenvalue weighted by Gasteiger charge is 2.42. The largest absolute Gasteiger partial charge is 0.481 e. The third-order valence-corrected chi connectivity index (χ3v) is 5.45. The fourth-order valence-electron chi connectivity index (χ4n) is 3.53. The van der Waals surface area contributed by atoms with Crippen LogP contribution in [0.3, 0.4) is 0 Å². The third-order valence-electron chi connectivity index (χ3n) is 5.45. The molecular formula is C20H28ClN9O5. The summed E-state index contributed by atoms with van der Waals surface area (Å²) in [6.07, 6.45) is 1.13. The number of carboxylic acid groups (broad SMARTS) is 1. The standard InChI is InChI=1S/C20H27N9O5.ClH/c1-10(2)16(21)19(33)24-12(5-6-15(30)31)20(34)29-13(8-11-4-3-7-22-17(11)29)18(32)23-9-14-25-27-28-26-14;/h3-4,7,10,12-13,16H,5-6,8-9,21H2,1-2H3,(H,23,32)(H,24,33)(H,30,31)(H,25,26,27,28);1H. The van der Waals surface area contributed by atoms with Crippen LogP contribution in [0, 0.1) is 5.92 Å². The molecule has 0 radical (unpaired) electrons. The average Bonchev–Trinajstić information content (AvgIpc) is 3.46. The molecule has 3 unspecified atom stereocenters. The van der Waals surface area contributed by atoms with Gasteiger partial charge in [0.25, 0.3) is 5.91 Å². The van der Waals surface area contributed by atoms with E-state index in [9.17, 15) is 19.2 Å². The Morgan fingerprint density at radius 2 is 2.06 bits per heavy atom. The third kappa shape index (κ3) is 6.70. The highest BCUT2D eigenvalue weighted by molar-refractivity contribution is 6.06. The first-order valence-electron chi connectivity index (χ1n) is 10.7. The highest BCUT2D eigenvalue weighted by atomic mass is 35.5. The van der Waals surface area contributed by atoms with Gasteiger partial charge in [0.15, 0.2) is 5.82 Å². The molecule has 3 heterocycles. The van der Waals surface area contributed by atoms with Crippen LogP contribution in [-0.2, 0) is 32.1 Å². The minimum absolute atomic E-state index is 0. The van der Waals surface area contributed by atoms with Crippen molar-refractivity contribution in [1.82, 2.24) is 36.2 Å². The minimum atomic E-state index is -1.21. The molecule has 6 N–H and O–H groups in total. The zero-order valence-electron chi connectivity index (χ0n) is 19.2. The van der Waals surface area contributed by atoms with Crippen molar-refractivity contribution in [3.8, 4) is 0 Å². The normalized spacial score (nSPS) is 16.1. The van der Waals surface area contributed by atoms with Crippen LogP contribution in [0.2, 0.25) is 0 Å². The number of carbonyl (C=O) groups is 4. The lowest BCUT2D eigenvalue weighted by molar-refractivity contribution is -0.138. The van der Waals surface area contributed by atoms with Gasteiger partial charge in [-0.15, -0.1) is 22.6 Å². The Balaban J connectivity index is 0.00000432. The molecule has 1 aliphatic rings. The molecular weight excluding hydrogens is 482 g/mol. The maximum atomic E-state index is 13.6. The summed E-state index contributed by atoms with van der Waals surface area (Å²) in [5, 5.41) is 27.6. The number of halogens is 1. The van der Waals surface area contributed by atoms with E-state index in [1.807, 2.05) is 0 Å². The van der Waals surface area contributed by atoms with E-state index in [1.54, 1.807) is 26.0 Å². The fraction of sp³-hybridized carbons (Fsp3) is 0.500. The number of carboxylic acids is 1. The molecule has 2 aromatic heterocycles. The molecule has 0 spiro atoms. The molecule has 0 fully saturated rings. The summed E-state index contributed by atoms with van der Waals surface area (Å²) in [5.41, 5.74) is 6.57. The number of rotatable bonds is 10. The molecule has 1 aliphatic heterocycles. The van der Waals surface area contributed by atoms with Crippen molar-refractivity contribution in [3.05, 3.63) is 29.7 Å². The number of fused-ring (bicyclic) bond motifs is 1. The Hall–Kier alpha value is -3.65. The first-order chi connectivity index (χ1) is 16.2. The van der Waals surface area contributed by atoms with Crippen molar-refractivity contribution in [3.63, 3.8) is 0 Å². The van der Waals surface area contributed by atoms with E-state index in [4.69, 9.17) is 10.8 Å². The Morgan fingerprint density at radius 3 is 2.69 bits per heavy atom. The maximum Gasteiger partial charge on any atom is 0.303 e. The number of carbonyl (C=O) groups excluding carboxylic acids is 3. The first kappa shape index (κ1) is 27.6. The summed E-state index contributed by atoms with van der Waals surface area (Å²) in [4.78, 5) is 55.9. The van der Waals surface area contributed by atoms with Gasteiger partial charge in [0, 0.05) is 19.0 Å². The second-order valence-electron chi connectivity index (χ2n) is 8.22. The van der Waals surface area contributed by atoms with Gasteiger partial charge in [-0.05, 0) is 24.0 Å². The number of anilines is 1. The Labute approximate surface area is 206 Å². The van der Waals surface area contributed by atoms with Gasteiger partial charge >= 0.3 is 5.97 Å². The number of aliphatic carboxylic acids is 1. The van der Waals surface area contributed by atoms with E-state index in [0.29, 0.717) is 5.56 Å². The van der Waals surface area contributed by atoms with E-state index < -0.39 is 41.8 Å². The SMILES string of the molecule is CC(C)C(N)C(=O)NC(CCC(=O)O)C(=O)N1c2ncccc2CC1C(=O)NCc1nn[nH]n1.Cl. The van der Waals surface area contributed by atoms with Crippen molar-refractivity contribution in [2.45, 2.75) is 57.8 Å². The van der Waals surface area contributed by atoms with Crippen LogP contribution >= 0.6 is 12.4 Å². The first-order valence-corrected chi connectivity index (χ1v) is 10.7. The molecule has 2 aromatic rings. The van der Waals surface area contributed by atoms with Crippen LogP contribution in [0.1, 0.15) is 38.1 Å². The van der Waals surface area contributed by atoms with E-state index in [1.165, 1.54) is 11.1 Å². The zero-order chi connectivity index (χ0) is 24.8. The summed E-state index contributed by atoms with van der Waals surface area (Å²) in [6.45, 7) is 3.49. The van der Waals surface area contributed by atoms with E-state index in [0.717, 1.165) is 0 Å². The molecule has 0 saturated heterocycles. The number of amides is 3. The number of aromatic nitrogens is 5. The molecule has 0 bridgehead atoms. The molecule has 0 saturated carbocycles. The molecule has 3 rings (SSSR count). The van der Waals surface area contributed by atoms with Gasteiger partial charge in [-0.25, -0.2) is 4.98 Å². The summed E-state index contributed by atoms with van der Waals surface area (Å²) in [7, 11) is 0. The Kier molecular flexibility index (Phi) is 9.59. The molecule has 0 aliphatic carbocycles. The zero-order valence-corrected chi connectivity index (χ0v) is 20.0. The summed E-state index contributed by atoms with van der Waals surface area (Å²) >= 11 is 0. The van der Waals surface area contributed by atoms with Crippen molar-refractivity contribution in [1.29, 1.82) is 0 Å². The van der Waals surface area contributed by atoms with Gasteiger partial charge in [-0.2, -0.15) is 5.21 Å². The number of nitrogens with one attached hydrogen (secondary N) is 3. The molecule has 35 heavy (non-hydrogen) atoms. The summed E-state index contributed by atoms with van der Waals surface area (Å²) in [6, 6.07) is 0.362. The number of H-pyrrole nitrogens is 1. The van der Waals surface area contributed by atoms with Crippen LogP contribution in [-0.4, -0.2) is 72.5 Å². The number of aromatic amines is 1. The second-order valence-corrected chi connectivity index (χ2v) is 8.22. The van der Waals surface area contributed by atoms with E-state index >= 15 is 0 Å². The van der Waals surface area contributed by atoms with Crippen molar-refractivity contribution in [2.24, 2.45) is 11.7 Å². The van der Waals surface area contributed by atoms with Crippen LogP contribution in [0.25, 0.3) is 0 Å². The molecule has 0 aromatic carbocycles. The lowest BCUT2D eigenvalue weighted by atomic mass is 10.0. The van der Waals surface area contributed by atoms with E-state index in [2.05, 4.69) is 36.2 Å². The fourth-order valence-corrected chi connectivity index (χ4v) is 3.53. The van der Waals surface area contributed by atoms with Gasteiger partial charge < -0.3 is 21.5 Å². The van der Waals surface area contributed by atoms with E-state index in [-0.39, 0.29) is 55.8 Å². The minimum Gasteiger partial charge on any atom is -0.481 e. The molecule has 190 valence electrons. The molecule has 15 heteroatoms. The number of hydrogen-bond donors (Lipinski definition) is 5. The Bertz CT molecular complexity index is 1050. The highest BCUT2D eigenvalue weighted by Crippen LogP contribution is 2.31. The quantitative estimate of drug-likeness (QED) is 0.261. The molecule has 14 nitrogen and oxygen atoms in total. The molecule has 3 atom stereocenters. The number of pyridine rings is 1. The van der Waals surface area contributed by atoms with Crippen LogP contribution < -0.4 is 21.3 Å². The maximum absolute atomic E-state index is 13.6. The van der Waals surface area contributed by atoms with Crippen molar-refractivity contribution in [2.75, 3.05) is 4.90 Å². The Morgan fingerprint density at radius 1 is 1.31 bits per heavy atom. The van der Waals surface area contributed by atoms with Crippen molar-refractivity contribution < 1.29 is 24.3 Å². The lowest BCUT2D eigenvalue weighted by Crippen LogP contribution is -2.57. The number of hydrogen-bond acceptors (Lipinski definition) is 9. The second kappa shape index (κ2) is 12.2. The van der Waals surface area contributed by atoms with Gasteiger partial charge in [0.1, 0.15) is 17.9 Å². The number of tetrazole rings is 1.